The van der Waals surface area contributed by atoms with Crippen molar-refractivity contribution >= 4 is 6.08 Å². The largest absolute Gasteiger partial charge is 0.490 e. The van der Waals surface area contributed by atoms with Crippen LogP contribution in [-0.4, -0.2) is 26.3 Å². The van der Waals surface area contributed by atoms with E-state index in [0.29, 0.717) is 12.4 Å². The lowest BCUT2D eigenvalue weighted by molar-refractivity contribution is -0.0514. The third-order valence-corrected chi connectivity index (χ3v) is 2.52. The van der Waals surface area contributed by atoms with Crippen LogP contribution in [0.25, 0.3) is 6.08 Å². The van der Waals surface area contributed by atoms with E-state index in [4.69, 9.17) is 4.74 Å². The highest BCUT2D eigenvalue weighted by atomic mass is 19.3. The summed E-state index contributed by atoms with van der Waals surface area (Å²) in [5.41, 5.74) is 0.868. The second-order valence-electron chi connectivity index (χ2n) is 3.95. The molecule has 1 aromatic carbocycles. The molecular formula is C14H19F2NO2. The quantitative estimate of drug-likeness (QED) is 0.825. The molecule has 1 N–H and O–H groups in total. The van der Waals surface area contributed by atoms with Gasteiger partial charge in [0.05, 0.1) is 6.61 Å². The lowest BCUT2D eigenvalue weighted by Gasteiger charge is -2.12. The minimum absolute atomic E-state index is 0.0515. The maximum Gasteiger partial charge on any atom is 0.387 e. The molecule has 0 fully saturated rings. The van der Waals surface area contributed by atoms with Gasteiger partial charge in [-0.2, -0.15) is 8.78 Å². The molecule has 0 aliphatic carbocycles. The van der Waals surface area contributed by atoms with Crippen molar-refractivity contribution < 1.29 is 18.3 Å². The zero-order valence-electron chi connectivity index (χ0n) is 11.3. The van der Waals surface area contributed by atoms with Gasteiger partial charge in [-0.25, -0.2) is 0 Å². The molecule has 1 rings (SSSR count). The highest BCUT2D eigenvalue weighted by molar-refractivity contribution is 5.56. The Labute approximate surface area is 112 Å². The van der Waals surface area contributed by atoms with Gasteiger partial charge in [0.2, 0.25) is 0 Å². The van der Waals surface area contributed by atoms with Gasteiger partial charge in [-0.1, -0.05) is 18.2 Å². The van der Waals surface area contributed by atoms with Crippen LogP contribution >= 0.6 is 0 Å². The second-order valence-corrected chi connectivity index (χ2v) is 3.95. The lowest BCUT2D eigenvalue weighted by atomic mass is 10.1. The summed E-state index contributed by atoms with van der Waals surface area (Å²) >= 11 is 0. The zero-order valence-corrected chi connectivity index (χ0v) is 11.3. The van der Waals surface area contributed by atoms with Crippen LogP contribution in [0.2, 0.25) is 0 Å². The smallest absolute Gasteiger partial charge is 0.387 e. The van der Waals surface area contributed by atoms with Crippen LogP contribution in [0.4, 0.5) is 8.78 Å². The Morgan fingerprint density at radius 2 is 2.05 bits per heavy atom. The average Bonchev–Trinajstić information content (AvgIpc) is 2.38. The van der Waals surface area contributed by atoms with Crippen molar-refractivity contribution in [3.05, 3.63) is 29.8 Å². The maximum absolute atomic E-state index is 12.2. The number of hydrogen-bond donors (Lipinski definition) is 1. The summed E-state index contributed by atoms with van der Waals surface area (Å²) in [5.74, 6) is 0.373. The van der Waals surface area contributed by atoms with Crippen LogP contribution in [0.5, 0.6) is 11.5 Å². The van der Waals surface area contributed by atoms with Crippen molar-refractivity contribution in [3.63, 3.8) is 0 Å². The molecule has 0 spiro atoms. The van der Waals surface area contributed by atoms with Crippen molar-refractivity contribution in [2.75, 3.05) is 13.7 Å². The van der Waals surface area contributed by atoms with Crippen LogP contribution in [0.15, 0.2) is 24.3 Å². The van der Waals surface area contributed by atoms with Gasteiger partial charge in [-0.05, 0) is 38.6 Å². The molecule has 0 saturated heterocycles. The molecule has 19 heavy (non-hydrogen) atoms. The first kappa shape index (κ1) is 15.4. The Hall–Kier alpha value is -1.62. The molecule has 0 radical (unpaired) electrons. The van der Waals surface area contributed by atoms with Gasteiger partial charge in [0.25, 0.3) is 0 Å². The number of nitrogens with one attached hydrogen (secondary N) is 1. The first-order valence-corrected chi connectivity index (χ1v) is 6.14. The fourth-order valence-electron chi connectivity index (χ4n) is 1.44. The first-order chi connectivity index (χ1) is 9.06. The molecule has 0 bridgehead atoms. The van der Waals surface area contributed by atoms with E-state index in [2.05, 4.69) is 10.1 Å². The summed E-state index contributed by atoms with van der Waals surface area (Å²) in [4.78, 5) is 0. The minimum Gasteiger partial charge on any atom is -0.490 e. The fraction of sp³-hybridized carbons (Fsp3) is 0.429. The normalized spacial score (nSPS) is 12.9. The molecule has 106 valence electrons. The van der Waals surface area contributed by atoms with Crippen molar-refractivity contribution in [2.45, 2.75) is 26.5 Å². The second kappa shape index (κ2) is 7.74. The van der Waals surface area contributed by atoms with E-state index in [-0.39, 0.29) is 11.8 Å². The number of ether oxygens (including phenoxy) is 2. The molecule has 0 amide bonds. The van der Waals surface area contributed by atoms with E-state index >= 15 is 0 Å². The van der Waals surface area contributed by atoms with Crippen LogP contribution in [0.3, 0.4) is 0 Å². The molecular weight excluding hydrogens is 252 g/mol. The summed E-state index contributed by atoms with van der Waals surface area (Å²) < 4.78 is 34.2. The van der Waals surface area contributed by atoms with Crippen LogP contribution < -0.4 is 14.8 Å². The van der Waals surface area contributed by atoms with Crippen LogP contribution in [-0.2, 0) is 0 Å². The molecule has 0 aliphatic rings. The Balaban J connectivity index is 2.91. The number of benzene rings is 1. The molecule has 1 aromatic rings. The summed E-state index contributed by atoms with van der Waals surface area (Å²) in [6, 6.07) is 5.10. The summed E-state index contributed by atoms with van der Waals surface area (Å²) in [5, 5.41) is 3.07. The fourth-order valence-corrected chi connectivity index (χ4v) is 1.44. The number of rotatable bonds is 7. The molecule has 5 heteroatoms. The molecule has 1 atom stereocenters. The third kappa shape index (κ3) is 5.26. The average molecular weight is 271 g/mol. The predicted molar refractivity (Wildman–Crippen MR) is 71.8 cm³/mol. The number of alkyl halides is 2. The molecule has 0 aromatic heterocycles. The van der Waals surface area contributed by atoms with Crippen LogP contribution in [0.1, 0.15) is 19.4 Å². The Bertz CT molecular complexity index is 422. The lowest BCUT2D eigenvalue weighted by Crippen LogP contribution is -2.17. The van der Waals surface area contributed by atoms with Gasteiger partial charge in [0.1, 0.15) is 0 Å². The van der Waals surface area contributed by atoms with Gasteiger partial charge in [0, 0.05) is 6.04 Å². The van der Waals surface area contributed by atoms with Crippen LogP contribution in [0, 0.1) is 0 Å². The molecule has 1 unspecified atom stereocenters. The van der Waals surface area contributed by atoms with Crippen molar-refractivity contribution in [1.82, 2.24) is 5.32 Å². The Morgan fingerprint density at radius 1 is 1.32 bits per heavy atom. The van der Waals surface area contributed by atoms with Gasteiger partial charge < -0.3 is 14.8 Å². The number of halogens is 2. The minimum atomic E-state index is -2.86. The van der Waals surface area contributed by atoms with Crippen molar-refractivity contribution in [1.29, 1.82) is 0 Å². The molecule has 0 saturated carbocycles. The van der Waals surface area contributed by atoms with Gasteiger partial charge >= 0.3 is 6.61 Å². The van der Waals surface area contributed by atoms with Gasteiger partial charge in [0.15, 0.2) is 11.5 Å². The third-order valence-electron chi connectivity index (χ3n) is 2.52. The van der Waals surface area contributed by atoms with Crippen molar-refractivity contribution in [2.24, 2.45) is 0 Å². The zero-order chi connectivity index (χ0) is 14.3. The summed E-state index contributed by atoms with van der Waals surface area (Å²) in [6.45, 7) is 1.33. The predicted octanol–water partition coefficient (Wildman–Crippen LogP) is 3.31. The van der Waals surface area contributed by atoms with Crippen molar-refractivity contribution in [3.8, 4) is 11.5 Å². The number of hydrogen-bond acceptors (Lipinski definition) is 3. The molecule has 0 aliphatic heterocycles. The highest BCUT2D eigenvalue weighted by Gasteiger charge is 2.10. The van der Waals surface area contributed by atoms with E-state index in [1.54, 1.807) is 19.1 Å². The molecule has 0 heterocycles. The molecule has 3 nitrogen and oxygen atoms in total. The Morgan fingerprint density at radius 3 is 2.63 bits per heavy atom. The summed E-state index contributed by atoms with van der Waals surface area (Å²) in [6.07, 6.45) is 3.87. The van der Waals surface area contributed by atoms with E-state index in [1.165, 1.54) is 6.07 Å². The number of likely N-dealkylation sites (N-methyl/N-ethyl adjacent to an activating group) is 1. The van der Waals surface area contributed by atoms with Gasteiger partial charge in [-0.3, -0.25) is 0 Å². The maximum atomic E-state index is 12.2. The topological polar surface area (TPSA) is 30.5 Å². The Kier molecular flexibility index (Phi) is 6.29. The monoisotopic (exact) mass is 271 g/mol. The standard InChI is InChI=1S/C14H19F2NO2/c1-4-18-13-9-11(6-5-10(2)17-3)7-8-12(13)19-14(15)16/h5-10,14,17H,4H2,1-3H3/b6-5+. The summed E-state index contributed by atoms with van der Waals surface area (Å²) in [7, 11) is 1.86. The van der Waals surface area contributed by atoms with E-state index < -0.39 is 6.61 Å². The first-order valence-electron chi connectivity index (χ1n) is 6.14. The van der Waals surface area contributed by atoms with E-state index in [1.807, 2.05) is 26.1 Å². The highest BCUT2D eigenvalue weighted by Crippen LogP contribution is 2.30. The van der Waals surface area contributed by atoms with E-state index in [0.717, 1.165) is 5.56 Å². The SMILES string of the molecule is CCOc1cc(/C=C/C(C)NC)ccc1OC(F)F. The van der Waals surface area contributed by atoms with Gasteiger partial charge in [-0.15, -0.1) is 0 Å². The van der Waals surface area contributed by atoms with E-state index in [9.17, 15) is 8.78 Å².